The van der Waals surface area contributed by atoms with Crippen LogP contribution in [0.25, 0.3) is 10.9 Å². The largest absolute Gasteiger partial charge is 0.444 e. The first-order valence-corrected chi connectivity index (χ1v) is 10.5. The number of carbonyl (C=O) groups is 2. The van der Waals surface area contributed by atoms with Crippen molar-refractivity contribution in [2.24, 2.45) is 0 Å². The lowest BCUT2D eigenvalue weighted by Gasteiger charge is -2.24. The predicted octanol–water partition coefficient (Wildman–Crippen LogP) is 4.67. The van der Waals surface area contributed by atoms with Gasteiger partial charge in [-0.25, -0.2) is 4.79 Å². The SMILES string of the molecule is CCCC[C@@H](CNC(=O)Cc1c[nH]c2ccc(Br)cc12)NC(=O)OC(C)(C)C. The number of unbranched alkanes of at least 4 members (excludes halogenated alkanes) is 1. The predicted molar refractivity (Wildman–Crippen MR) is 115 cm³/mol. The highest BCUT2D eigenvalue weighted by Gasteiger charge is 2.20. The van der Waals surface area contributed by atoms with E-state index < -0.39 is 11.7 Å². The molecule has 0 unspecified atom stereocenters. The summed E-state index contributed by atoms with van der Waals surface area (Å²) >= 11 is 3.47. The Labute approximate surface area is 174 Å². The first-order valence-electron chi connectivity index (χ1n) is 9.69. The number of aromatic nitrogens is 1. The van der Waals surface area contributed by atoms with Crippen LogP contribution in [0.3, 0.4) is 0 Å². The summed E-state index contributed by atoms with van der Waals surface area (Å²) in [5.41, 5.74) is 1.39. The molecule has 0 fully saturated rings. The van der Waals surface area contributed by atoms with Crippen LogP contribution in [0, 0.1) is 0 Å². The Kier molecular flexibility index (Phi) is 7.92. The maximum absolute atomic E-state index is 12.5. The van der Waals surface area contributed by atoms with Gasteiger partial charge in [0.15, 0.2) is 0 Å². The molecule has 1 atom stereocenters. The molecular formula is C21H30BrN3O3. The third kappa shape index (κ3) is 7.19. The van der Waals surface area contributed by atoms with Gasteiger partial charge in [0.1, 0.15) is 5.60 Å². The lowest BCUT2D eigenvalue weighted by atomic mass is 10.1. The van der Waals surface area contributed by atoms with Crippen LogP contribution in [0.15, 0.2) is 28.9 Å². The Morgan fingerprint density at radius 3 is 2.71 bits per heavy atom. The second-order valence-electron chi connectivity index (χ2n) is 7.97. The van der Waals surface area contributed by atoms with Gasteiger partial charge in [-0.15, -0.1) is 0 Å². The maximum Gasteiger partial charge on any atom is 0.407 e. The van der Waals surface area contributed by atoms with Crippen LogP contribution in [0.2, 0.25) is 0 Å². The molecular weight excluding hydrogens is 422 g/mol. The van der Waals surface area contributed by atoms with E-state index in [4.69, 9.17) is 4.74 Å². The number of H-pyrrole nitrogens is 1. The number of rotatable bonds is 8. The summed E-state index contributed by atoms with van der Waals surface area (Å²) in [4.78, 5) is 27.7. The van der Waals surface area contributed by atoms with Crippen molar-refractivity contribution in [1.29, 1.82) is 0 Å². The monoisotopic (exact) mass is 451 g/mol. The Morgan fingerprint density at radius 2 is 2.04 bits per heavy atom. The summed E-state index contributed by atoms with van der Waals surface area (Å²) in [6.07, 6.45) is 4.46. The normalized spacial score (nSPS) is 12.6. The Morgan fingerprint density at radius 1 is 1.29 bits per heavy atom. The topological polar surface area (TPSA) is 83.2 Å². The van der Waals surface area contributed by atoms with E-state index in [0.29, 0.717) is 6.54 Å². The molecule has 2 rings (SSSR count). The highest BCUT2D eigenvalue weighted by Crippen LogP contribution is 2.23. The number of ether oxygens (including phenoxy) is 1. The highest BCUT2D eigenvalue weighted by atomic mass is 79.9. The van der Waals surface area contributed by atoms with Crippen molar-refractivity contribution in [3.63, 3.8) is 0 Å². The summed E-state index contributed by atoms with van der Waals surface area (Å²) < 4.78 is 6.30. The zero-order valence-electron chi connectivity index (χ0n) is 17.0. The van der Waals surface area contributed by atoms with Crippen LogP contribution in [-0.2, 0) is 16.0 Å². The Bertz CT molecular complexity index is 811. The van der Waals surface area contributed by atoms with E-state index in [1.54, 1.807) is 0 Å². The fraction of sp³-hybridized carbons (Fsp3) is 0.524. The van der Waals surface area contributed by atoms with Crippen LogP contribution in [0.5, 0.6) is 0 Å². The third-order valence-corrected chi connectivity index (χ3v) is 4.75. The molecule has 0 spiro atoms. The lowest BCUT2D eigenvalue weighted by molar-refractivity contribution is -0.120. The van der Waals surface area contributed by atoms with Crippen molar-refractivity contribution in [2.75, 3.05) is 6.54 Å². The summed E-state index contributed by atoms with van der Waals surface area (Å²) in [6.45, 7) is 7.96. The number of carbonyl (C=O) groups excluding carboxylic acids is 2. The van der Waals surface area contributed by atoms with E-state index >= 15 is 0 Å². The molecule has 154 valence electrons. The van der Waals surface area contributed by atoms with Crippen molar-refractivity contribution >= 4 is 38.8 Å². The number of hydrogen-bond acceptors (Lipinski definition) is 3. The van der Waals surface area contributed by atoms with Crippen molar-refractivity contribution in [1.82, 2.24) is 15.6 Å². The first kappa shape index (κ1) is 22.3. The number of nitrogens with one attached hydrogen (secondary N) is 3. The smallest absolute Gasteiger partial charge is 0.407 e. The standard InChI is InChI=1S/C21H30BrN3O3/c1-5-6-7-16(25-20(27)28-21(2,3)4)13-24-19(26)10-14-12-23-18-9-8-15(22)11-17(14)18/h8-9,11-12,16,23H,5-7,10,13H2,1-4H3,(H,24,26)(H,25,27)/t16-/m0/s1. The first-order chi connectivity index (χ1) is 13.2. The minimum Gasteiger partial charge on any atom is -0.444 e. The molecule has 0 saturated carbocycles. The molecule has 0 aliphatic heterocycles. The van der Waals surface area contributed by atoms with Crippen molar-refractivity contribution in [2.45, 2.75) is 65.0 Å². The van der Waals surface area contributed by atoms with E-state index in [-0.39, 0.29) is 18.4 Å². The zero-order chi connectivity index (χ0) is 20.7. The van der Waals surface area contributed by atoms with Gasteiger partial charge in [0.05, 0.1) is 6.42 Å². The van der Waals surface area contributed by atoms with Crippen molar-refractivity contribution < 1.29 is 14.3 Å². The van der Waals surface area contributed by atoms with Gasteiger partial charge < -0.3 is 20.4 Å². The molecule has 2 aromatic rings. The molecule has 0 radical (unpaired) electrons. The van der Waals surface area contributed by atoms with E-state index in [1.165, 1.54) is 0 Å². The molecule has 0 aliphatic carbocycles. The summed E-state index contributed by atoms with van der Waals surface area (Å²) in [5.74, 6) is -0.0756. The van der Waals surface area contributed by atoms with E-state index in [1.807, 2.05) is 45.2 Å². The molecule has 1 aromatic heterocycles. The van der Waals surface area contributed by atoms with Gasteiger partial charge in [-0.1, -0.05) is 35.7 Å². The molecule has 0 bridgehead atoms. The molecule has 0 aliphatic rings. The second-order valence-corrected chi connectivity index (χ2v) is 8.89. The fourth-order valence-electron chi connectivity index (χ4n) is 2.92. The number of hydrogen-bond donors (Lipinski definition) is 3. The Hall–Kier alpha value is -2.02. The van der Waals surface area contributed by atoms with Crippen LogP contribution >= 0.6 is 15.9 Å². The molecule has 3 N–H and O–H groups in total. The number of fused-ring (bicyclic) bond motifs is 1. The van der Waals surface area contributed by atoms with Gasteiger partial charge in [-0.2, -0.15) is 0 Å². The van der Waals surface area contributed by atoms with Gasteiger partial charge in [0.25, 0.3) is 0 Å². The molecule has 6 nitrogen and oxygen atoms in total. The third-order valence-electron chi connectivity index (χ3n) is 4.25. The molecule has 1 aromatic carbocycles. The van der Waals surface area contributed by atoms with Gasteiger partial charge in [-0.3, -0.25) is 4.79 Å². The average molecular weight is 452 g/mol. The summed E-state index contributed by atoms with van der Waals surface area (Å²) in [6, 6.07) is 5.79. The van der Waals surface area contributed by atoms with Crippen LogP contribution in [0.4, 0.5) is 4.79 Å². The van der Waals surface area contributed by atoms with Crippen molar-refractivity contribution in [3.05, 3.63) is 34.4 Å². The van der Waals surface area contributed by atoms with Gasteiger partial charge in [-0.05, 0) is 51.0 Å². The number of aromatic amines is 1. The van der Waals surface area contributed by atoms with E-state index in [2.05, 4.69) is 38.5 Å². The number of benzene rings is 1. The summed E-state index contributed by atoms with van der Waals surface area (Å²) in [5, 5.41) is 6.84. The minimum atomic E-state index is -0.549. The zero-order valence-corrected chi connectivity index (χ0v) is 18.6. The number of alkyl carbamates (subject to hydrolysis) is 1. The van der Waals surface area contributed by atoms with Gasteiger partial charge in [0, 0.05) is 34.2 Å². The van der Waals surface area contributed by atoms with Gasteiger partial charge >= 0.3 is 6.09 Å². The quantitative estimate of drug-likeness (QED) is 0.544. The lowest BCUT2D eigenvalue weighted by Crippen LogP contribution is -2.45. The Balaban J connectivity index is 1.92. The van der Waals surface area contributed by atoms with Crippen molar-refractivity contribution in [3.8, 4) is 0 Å². The molecule has 2 amide bonds. The van der Waals surface area contributed by atoms with E-state index in [9.17, 15) is 9.59 Å². The average Bonchev–Trinajstić information content (AvgIpc) is 2.97. The highest BCUT2D eigenvalue weighted by molar-refractivity contribution is 9.10. The maximum atomic E-state index is 12.5. The molecule has 0 saturated heterocycles. The second kappa shape index (κ2) is 9.96. The molecule has 1 heterocycles. The molecule has 7 heteroatoms. The van der Waals surface area contributed by atoms with Crippen LogP contribution < -0.4 is 10.6 Å². The van der Waals surface area contributed by atoms with Crippen LogP contribution in [-0.4, -0.2) is 35.2 Å². The van der Waals surface area contributed by atoms with Gasteiger partial charge in [0.2, 0.25) is 5.91 Å². The van der Waals surface area contributed by atoms with E-state index in [0.717, 1.165) is 40.2 Å². The fourth-order valence-corrected chi connectivity index (χ4v) is 3.28. The number of halogens is 1. The number of amides is 2. The summed E-state index contributed by atoms with van der Waals surface area (Å²) in [7, 11) is 0. The minimum absolute atomic E-state index is 0.0756. The van der Waals surface area contributed by atoms with Crippen LogP contribution in [0.1, 0.15) is 52.5 Å². The molecule has 28 heavy (non-hydrogen) atoms.